The molecule has 0 heterocycles. The zero-order valence-electron chi connectivity index (χ0n) is 7.14. The summed E-state index contributed by atoms with van der Waals surface area (Å²) in [7, 11) is 4.02. The van der Waals surface area contributed by atoms with E-state index in [4.69, 9.17) is 11.6 Å². The Kier molecular flexibility index (Phi) is 3.41. The maximum atomic E-state index is 6.02. The average molecular weight is 249 g/mol. The van der Waals surface area contributed by atoms with Crippen molar-refractivity contribution in [2.45, 2.75) is 5.33 Å². The van der Waals surface area contributed by atoms with Gasteiger partial charge in [-0.25, -0.2) is 0 Å². The molecule has 0 radical (unpaired) electrons. The van der Waals surface area contributed by atoms with Crippen LogP contribution in [-0.4, -0.2) is 14.1 Å². The van der Waals surface area contributed by atoms with E-state index in [1.54, 1.807) is 0 Å². The molecule has 12 heavy (non-hydrogen) atoms. The molecule has 1 rings (SSSR count). The van der Waals surface area contributed by atoms with Gasteiger partial charge in [0.1, 0.15) is 0 Å². The van der Waals surface area contributed by atoms with Crippen molar-refractivity contribution in [1.29, 1.82) is 0 Å². The monoisotopic (exact) mass is 247 g/mol. The van der Waals surface area contributed by atoms with Crippen molar-refractivity contribution in [3.05, 3.63) is 28.8 Å². The first kappa shape index (κ1) is 9.87. The molecule has 0 bridgehead atoms. The van der Waals surface area contributed by atoms with Gasteiger partial charge in [0.25, 0.3) is 0 Å². The number of nitrogens with zero attached hydrogens (tertiary/aromatic N) is 1. The second kappa shape index (κ2) is 4.15. The molecule has 0 amide bonds. The molecule has 0 aromatic heterocycles. The van der Waals surface area contributed by atoms with E-state index in [1.807, 2.05) is 26.2 Å². The standard InChI is InChI=1S/C9H11BrClN/c1-12(2)9-5-3-4-8(11)7(9)6-10/h3-5H,6H2,1-2H3. The van der Waals surface area contributed by atoms with Gasteiger partial charge in [0.15, 0.2) is 0 Å². The fourth-order valence-electron chi connectivity index (χ4n) is 1.10. The van der Waals surface area contributed by atoms with Gasteiger partial charge >= 0.3 is 0 Å². The minimum atomic E-state index is 0.792. The molecule has 0 spiro atoms. The Morgan fingerprint density at radius 1 is 1.42 bits per heavy atom. The summed E-state index contributed by atoms with van der Waals surface area (Å²) in [6.07, 6.45) is 0. The van der Waals surface area contributed by atoms with Crippen LogP contribution in [0.4, 0.5) is 5.69 Å². The van der Waals surface area contributed by atoms with Crippen molar-refractivity contribution in [3.63, 3.8) is 0 Å². The Labute approximate surface area is 86.5 Å². The average Bonchev–Trinajstić information content (AvgIpc) is 2.03. The number of hydrogen-bond donors (Lipinski definition) is 0. The van der Waals surface area contributed by atoms with E-state index in [9.17, 15) is 0 Å². The summed E-state index contributed by atoms with van der Waals surface area (Å²) in [6, 6.07) is 5.93. The van der Waals surface area contributed by atoms with Crippen molar-refractivity contribution in [3.8, 4) is 0 Å². The highest BCUT2D eigenvalue weighted by atomic mass is 79.9. The zero-order valence-corrected chi connectivity index (χ0v) is 9.48. The molecule has 1 aromatic rings. The Morgan fingerprint density at radius 3 is 2.50 bits per heavy atom. The molecular weight excluding hydrogens is 237 g/mol. The van der Waals surface area contributed by atoms with Crippen molar-refractivity contribution >= 4 is 33.2 Å². The molecule has 0 saturated carbocycles. The fourth-order valence-corrected chi connectivity index (χ4v) is 2.09. The molecule has 3 heteroatoms. The third kappa shape index (κ3) is 1.93. The quantitative estimate of drug-likeness (QED) is 0.726. The van der Waals surface area contributed by atoms with Crippen LogP contribution in [0.15, 0.2) is 18.2 Å². The third-order valence-corrected chi connectivity index (χ3v) is 2.62. The molecule has 0 aliphatic rings. The maximum Gasteiger partial charge on any atom is 0.0467 e. The predicted molar refractivity (Wildman–Crippen MR) is 58.4 cm³/mol. The third-order valence-electron chi connectivity index (χ3n) is 1.71. The minimum absolute atomic E-state index is 0.792. The summed E-state index contributed by atoms with van der Waals surface area (Å²) in [6.45, 7) is 0. The van der Waals surface area contributed by atoms with E-state index in [0.717, 1.165) is 15.9 Å². The molecular formula is C9H11BrClN. The van der Waals surface area contributed by atoms with Gasteiger partial charge in [0.05, 0.1) is 0 Å². The lowest BCUT2D eigenvalue weighted by atomic mass is 10.2. The van der Waals surface area contributed by atoms with Crippen LogP contribution < -0.4 is 4.90 Å². The van der Waals surface area contributed by atoms with Crippen LogP contribution in [0.25, 0.3) is 0 Å². The van der Waals surface area contributed by atoms with Crippen LogP contribution in [-0.2, 0) is 5.33 Å². The van der Waals surface area contributed by atoms with E-state index in [-0.39, 0.29) is 0 Å². The van der Waals surface area contributed by atoms with Crippen molar-refractivity contribution in [1.82, 2.24) is 0 Å². The van der Waals surface area contributed by atoms with E-state index >= 15 is 0 Å². The number of benzene rings is 1. The lowest BCUT2D eigenvalue weighted by molar-refractivity contribution is 1.11. The number of hydrogen-bond acceptors (Lipinski definition) is 1. The lowest BCUT2D eigenvalue weighted by Gasteiger charge is -2.16. The second-order valence-electron chi connectivity index (χ2n) is 2.77. The number of alkyl halides is 1. The SMILES string of the molecule is CN(C)c1cccc(Cl)c1CBr. The van der Waals surface area contributed by atoms with Gasteiger partial charge in [-0.1, -0.05) is 33.6 Å². The molecule has 1 aromatic carbocycles. The van der Waals surface area contributed by atoms with Crippen LogP contribution in [0.3, 0.4) is 0 Å². The number of rotatable bonds is 2. The normalized spacial score (nSPS) is 10.0. The summed E-state index contributed by atoms with van der Waals surface area (Å²) in [5, 5.41) is 1.61. The Balaban J connectivity index is 3.18. The minimum Gasteiger partial charge on any atom is -0.377 e. The van der Waals surface area contributed by atoms with Crippen LogP contribution >= 0.6 is 27.5 Å². The summed E-state index contributed by atoms with van der Waals surface area (Å²) in [4.78, 5) is 2.06. The molecule has 1 nitrogen and oxygen atoms in total. The van der Waals surface area contributed by atoms with Crippen LogP contribution in [0.2, 0.25) is 5.02 Å². The molecule has 0 aliphatic heterocycles. The largest absolute Gasteiger partial charge is 0.377 e. The van der Waals surface area contributed by atoms with Crippen LogP contribution in [0, 0.1) is 0 Å². The first-order valence-electron chi connectivity index (χ1n) is 3.67. The zero-order chi connectivity index (χ0) is 9.14. The van der Waals surface area contributed by atoms with Gasteiger partial charge in [0, 0.05) is 35.7 Å². The summed E-state index contributed by atoms with van der Waals surface area (Å²) < 4.78 is 0. The molecule has 0 fully saturated rings. The first-order valence-corrected chi connectivity index (χ1v) is 5.17. The fraction of sp³-hybridized carbons (Fsp3) is 0.333. The van der Waals surface area contributed by atoms with Crippen molar-refractivity contribution in [2.75, 3.05) is 19.0 Å². The van der Waals surface area contributed by atoms with E-state index in [0.29, 0.717) is 0 Å². The van der Waals surface area contributed by atoms with E-state index in [2.05, 4.69) is 26.9 Å². The number of anilines is 1. The molecule has 0 unspecified atom stereocenters. The Morgan fingerprint density at radius 2 is 2.08 bits per heavy atom. The molecule has 0 aliphatic carbocycles. The smallest absolute Gasteiger partial charge is 0.0467 e. The number of halogens is 2. The van der Waals surface area contributed by atoms with Gasteiger partial charge in [-0.3, -0.25) is 0 Å². The highest BCUT2D eigenvalue weighted by molar-refractivity contribution is 9.08. The predicted octanol–water partition coefficient (Wildman–Crippen LogP) is 3.30. The van der Waals surface area contributed by atoms with Crippen molar-refractivity contribution < 1.29 is 0 Å². The van der Waals surface area contributed by atoms with E-state index in [1.165, 1.54) is 5.69 Å². The molecule has 66 valence electrons. The lowest BCUT2D eigenvalue weighted by Crippen LogP contribution is -2.10. The topological polar surface area (TPSA) is 3.24 Å². The van der Waals surface area contributed by atoms with E-state index < -0.39 is 0 Å². The maximum absolute atomic E-state index is 6.02. The van der Waals surface area contributed by atoms with Gasteiger partial charge in [-0.05, 0) is 12.1 Å². The highest BCUT2D eigenvalue weighted by Crippen LogP contribution is 2.27. The summed E-state index contributed by atoms with van der Waals surface area (Å²) in [5.74, 6) is 0. The molecule has 0 atom stereocenters. The van der Waals surface area contributed by atoms with Gasteiger partial charge in [0.2, 0.25) is 0 Å². The van der Waals surface area contributed by atoms with Crippen LogP contribution in [0.5, 0.6) is 0 Å². The summed E-state index contributed by atoms with van der Waals surface area (Å²) in [5.41, 5.74) is 2.31. The van der Waals surface area contributed by atoms with Gasteiger partial charge in [-0.15, -0.1) is 0 Å². The Hall–Kier alpha value is -0.210. The van der Waals surface area contributed by atoms with Gasteiger partial charge in [-0.2, -0.15) is 0 Å². The molecule has 0 N–H and O–H groups in total. The van der Waals surface area contributed by atoms with Crippen LogP contribution in [0.1, 0.15) is 5.56 Å². The summed E-state index contributed by atoms with van der Waals surface area (Å²) >= 11 is 9.43. The Bertz CT molecular complexity index is 273. The van der Waals surface area contributed by atoms with Gasteiger partial charge < -0.3 is 4.90 Å². The van der Waals surface area contributed by atoms with Crippen molar-refractivity contribution in [2.24, 2.45) is 0 Å². The second-order valence-corrected chi connectivity index (χ2v) is 3.73. The first-order chi connectivity index (χ1) is 5.66. The molecule has 0 saturated heterocycles. The highest BCUT2D eigenvalue weighted by Gasteiger charge is 2.05.